The standard InChI is InChI=1S/C20H20N2O4/c23-19(21-12-14-5-2-1-3-6-14)16-7-4-10-22(16)20(24)15-8-9-17-18(11-15)26-13-25-17/h1-3,5-6,8-9,11,16H,4,7,10,12-13H2,(H,21,23)/t16-/m0/s1. The molecule has 2 aromatic carbocycles. The van der Waals surface area contributed by atoms with Gasteiger partial charge in [-0.15, -0.1) is 0 Å². The van der Waals surface area contributed by atoms with Crippen molar-refractivity contribution in [1.29, 1.82) is 0 Å². The number of hydrogen-bond donors (Lipinski definition) is 1. The number of amides is 2. The van der Waals surface area contributed by atoms with Crippen LogP contribution in [0.2, 0.25) is 0 Å². The van der Waals surface area contributed by atoms with Crippen LogP contribution in [0.3, 0.4) is 0 Å². The van der Waals surface area contributed by atoms with Crippen LogP contribution >= 0.6 is 0 Å². The number of carbonyl (C=O) groups is 2. The highest BCUT2D eigenvalue weighted by molar-refractivity contribution is 5.98. The summed E-state index contributed by atoms with van der Waals surface area (Å²) in [7, 11) is 0. The van der Waals surface area contributed by atoms with E-state index in [1.165, 1.54) is 0 Å². The minimum absolute atomic E-state index is 0.111. The van der Waals surface area contributed by atoms with Crippen LogP contribution in [-0.2, 0) is 11.3 Å². The van der Waals surface area contributed by atoms with Gasteiger partial charge >= 0.3 is 0 Å². The van der Waals surface area contributed by atoms with Crippen molar-refractivity contribution in [3.8, 4) is 11.5 Å². The molecule has 0 bridgehead atoms. The number of nitrogens with one attached hydrogen (secondary N) is 1. The Kier molecular flexibility index (Phi) is 4.48. The molecule has 1 N–H and O–H groups in total. The van der Waals surface area contributed by atoms with Crippen molar-refractivity contribution < 1.29 is 19.1 Å². The second-order valence-electron chi connectivity index (χ2n) is 6.43. The van der Waals surface area contributed by atoms with Gasteiger partial charge < -0.3 is 19.7 Å². The zero-order valence-electron chi connectivity index (χ0n) is 14.3. The molecule has 0 aliphatic carbocycles. The van der Waals surface area contributed by atoms with Gasteiger partial charge in [-0.2, -0.15) is 0 Å². The van der Waals surface area contributed by atoms with E-state index in [0.29, 0.717) is 36.6 Å². The number of likely N-dealkylation sites (tertiary alicyclic amines) is 1. The second-order valence-corrected chi connectivity index (χ2v) is 6.43. The third-order valence-corrected chi connectivity index (χ3v) is 4.75. The number of ether oxygens (including phenoxy) is 2. The van der Waals surface area contributed by atoms with Crippen LogP contribution in [0.25, 0.3) is 0 Å². The van der Waals surface area contributed by atoms with E-state index in [-0.39, 0.29) is 18.6 Å². The van der Waals surface area contributed by atoms with Crippen molar-refractivity contribution >= 4 is 11.8 Å². The molecule has 2 aliphatic rings. The maximum Gasteiger partial charge on any atom is 0.254 e. The first kappa shape index (κ1) is 16.4. The first-order chi connectivity index (χ1) is 12.7. The zero-order valence-corrected chi connectivity index (χ0v) is 14.3. The molecule has 1 saturated heterocycles. The van der Waals surface area contributed by atoms with Crippen molar-refractivity contribution in [2.45, 2.75) is 25.4 Å². The number of fused-ring (bicyclic) bond motifs is 1. The van der Waals surface area contributed by atoms with Crippen LogP contribution in [-0.4, -0.2) is 36.1 Å². The van der Waals surface area contributed by atoms with Crippen molar-refractivity contribution in [1.82, 2.24) is 10.2 Å². The maximum absolute atomic E-state index is 12.9. The monoisotopic (exact) mass is 352 g/mol. The van der Waals surface area contributed by atoms with Crippen molar-refractivity contribution in [3.05, 3.63) is 59.7 Å². The molecule has 2 aliphatic heterocycles. The Balaban J connectivity index is 1.44. The molecule has 6 heteroatoms. The van der Waals surface area contributed by atoms with Crippen LogP contribution < -0.4 is 14.8 Å². The van der Waals surface area contributed by atoms with Gasteiger partial charge in [0, 0.05) is 18.7 Å². The molecule has 6 nitrogen and oxygen atoms in total. The van der Waals surface area contributed by atoms with Crippen molar-refractivity contribution in [2.24, 2.45) is 0 Å². The van der Waals surface area contributed by atoms with Gasteiger partial charge in [-0.3, -0.25) is 9.59 Å². The molecule has 1 fully saturated rings. The second kappa shape index (κ2) is 7.07. The summed E-state index contributed by atoms with van der Waals surface area (Å²) in [5.74, 6) is 0.946. The third-order valence-electron chi connectivity index (χ3n) is 4.75. The van der Waals surface area contributed by atoms with E-state index in [4.69, 9.17) is 9.47 Å². The van der Waals surface area contributed by atoms with Gasteiger partial charge in [0.05, 0.1) is 0 Å². The summed E-state index contributed by atoms with van der Waals surface area (Å²) in [6.07, 6.45) is 1.50. The lowest BCUT2D eigenvalue weighted by Gasteiger charge is -2.24. The number of rotatable bonds is 4. The van der Waals surface area contributed by atoms with E-state index in [9.17, 15) is 9.59 Å². The first-order valence-electron chi connectivity index (χ1n) is 8.74. The highest BCUT2D eigenvalue weighted by atomic mass is 16.7. The fourth-order valence-corrected chi connectivity index (χ4v) is 3.38. The molecule has 2 heterocycles. The Morgan fingerprint density at radius 2 is 1.88 bits per heavy atom. The van der Waals surface area contributed by atoms with Gasteiger partial charge in [-0.1, -0.05) is 30.3 Å². The van der Waals surface area contributed by atoms with Gasteiger partial charge in [-0.05, 0) is 36.6 Å². The lowest BCUT2D eigenvalue weighted by atomic mass is 10.1. The van der Waals surface area contributed by atoms with Gasteiger partial charge in [0.1, 0.15) is 6.04 Å². The molecule has 1 atom stereocenters. The van der Waals surface area contributed by atoms with Gasteiger partial charge in [0.25, 0.3) is 5.91 Å². The Hall–Kier alpha value is -3.02. The van der Waals surface area contributed by atoms with Gasteiger partial charge in [0.15, 0.2) is 11.5 Å². The van der Waals surface area contributed by atoms with Gasteiger partial charge in [-0.25, -0.2) is 0 Å². The summed E-state index contributed by atoms with van der Waals surface area (Å²) in [5.41, 5.74) is 1.55. The van der Waals surface area contributed by atoms with E-state index < -0.39 is 6.04 Å². The number of nitrogens with zero attached hydrogens (tertiary/aromatic N) is 1. The number of carbonyl (C=O) groups excluding carboxylic acids is 2. The minimum atomic E-state index is -0.434. The van der Waals surface area contributed by atoms with Crippen LogP contribution in [0, 0.1) is 0 Å². The first-order valence-corrected chi connectivity index (χ1v) is 8.74. The summed E-state index contributed by atoms with van der Waals surface area (Å²) < 4.78 is 10.6. The van der Waals surface area contributed by atoms with Crippen LogP contribution in [0.15, 0.2) is 48.5 Å². The molecule has 0 radical (unpaired) electrons. The Labute approximate surface area is 151 Å². The quantitative estimate of drug-likeness (QED) is 0.917. The SMILES string of the molecule is O=C(NCc1ccccc1)[C@@H]1CCCN1C(=O)c1ccc2c(c1)OCO2. The normalized spacial score (nSPS) is 18.0. The smallest absolute Gasteiger partial charge is 0.254 e. The predicted octanol–water partition coefficient (Wildman–Crippen LogP) is 2.34. The van der Waals surface area contributed by atoms with Crippen LogP contribution in [0.5, 0.6) is 11.5 Å². The molecule has 2 amide bonds. The van der Waals surface area contributed by atoms with E-state index in [1.54, 1.807) is 23.1 Å². The molecular formula is C20H20N2O4. The van der Waals surface area contributed by atoms with Crippen molar-refractivity contribution in [3.63, 3.8) is 0 Å². The van der Waals surface area contributed by atoms with Crippen LogP contribution in [0.4, 0.5) is 0 Å². The Morgan fingerprint density at radius 1 is 1.08 bits per heavy atom. The van der Waals surface area contributed by atoms with Gasteiger partial charge in [0.2, 0.25) is 12.7 Å². The highest BCUT2D eigenvalue weighted by Gasteiger charge is 2.34. The summed E-state index contributed by atoms with van der Waals surface area (Å²) in [6, 6.07) is 14.4. The molecule has 0 unspecified atom stereocenters. The summed E-state index contributed by atoms with van der Waals surface area (Å²) in [6.45, 7) is 1.21. The number of benzene rings is 2. The lowest BCUT2D eigenvalue weighted by molar-refractivity contribution is -0.125. The zero-order chi connectivity index (χ0) is 17.9. The lowest BCUT2D eigenvalue weighted by Crippen LogP contribution is -2.45. The fraction of sp³-hybridized carbons (Fsp3) is 0.300. The summed E-state index contributed by atoms with van der Waals surface area (Å²) in [5, 5.41) is 2.94. The maximum atomic E-state index is 12.9. The molecule has 2 aromatic rings. The highest BCUT2D eigenvalue weighted by Crippen LogP contribution is 2.33. The fourth-order valence-electron chi connectivity index (χ4n) is 3.38. The molecule has 0 spiro atoms. The van der Waals surface area contributed by atoms with E-state index >= 15 is 0 Å². The number of hydrogen-bond acceptors (Lipinski definition) is 4. The third kappa shape index (κ3) is 3.22. The summed E-state index contributed by atoms with van der Waals surface area (Å²) in [4.78, 5) is 27.1. The molecule has 0 aromatic heterocycles. The van der Waals surface area contributed by atoms with E-state index in [2.05, 4.69) is 5.32 Å². The summed E-state index contributed by atoms with van der Waals surface area (Å²) >= 11 is 0. The molecule has 0 saturated carbocycles. The topological polar surface area (TPSA) is 67.9 Å². The molecular weight excluding hydrogens is 332 g/mol. The minimum Gasteiger partial charge on any atom is -0.454 e. The van der Waals surface area contributed by atoms with E-state index in [1.807, 2.05) is 30.3 Å². The van der Waals surface area contributed by atoms with E-state index in [0.717, 1.165) is 12.0 Å². The van der Waals surface area contributed by atoms with Crippen LogP contribution in [0.1, 0.15) is 28.8 Å². The predicted molar refractivity (Wildman–Crippen MR) is 94.9 cm³/mol. The Morgan fingerprint density at radius 3 is 2.73 bits per heavy atom. The Bertz CT molecular complexity index is 822. The largest absolute Gasteiger partial charge is 0.454 e. The molecule has 134 valence electrons. The molecule has 26 heavy (non-hydrogen) atoms. The average Bonchev–Trinajstić information content (AvgIpc) is 3.35. The van der Waals surface area contributed by atoms with Crippen molar-refractivity contribution in [2.75, 3.05) is 13.3 Å². The molecule has 4 rings (SSSR count). The average molecular weight is 352 g/mol.